The Bertz CT molecular complexity index is 1120. The Balaban J connectivity index is 1.51. The van der Waals surface area contributed by atoms with E-state index in [1.54, 1.807) is 97.9 Å². The van der Waals surface area contributed by atoms with Crippen LogP contribution in [0, 0.1) is 0 Å². The lowest BCUT2D eigenvalue weighted by Crippen LogP contribution is -2.41. The maximum absolute atomic E-state index is 12.8. The Kier molecular flexibility index (Phi) is 7.34. The van der Waals surface area contributed by atoms with E-state index in [-0.39, 0.29) is 6.61 Å². The van der Waals surface area contributed by atoms with E-state index in [1.165, 1.54) is 0 Å². The number of benzene rings is 3. The van der Waals surface area contributed by atoms with E-state index in [1.807, 2.05) is 0 Å². The van der Waals surface area contributed by atoms with Crippen molar-refractivity contribution in [3.8, 4) is 0 Å². The monoisotopic (exact) mass is 460 g/mol. The predicted octanol–water partition coefficient (Wildman–Crippen LogP) is 4.08. The van der Waals surface area contributed by atoms with Crippen LogP contribution in [-0.2, 0) is 18.9 Å². The van der Waals surface area contributed by atoms with Crippen LogP contribution in [0.4, 0.5) is 0 Å². The van der Waals surface area contributed by atoms with Crippen LogP contribution in [0.2, 0.25) is 0 Å². The minimum absolute atomic E-state index is 0.176. The van der Waals surface area contributed by atoms with E-state index < -0.39 is 42.3 Å². The molecule has 0 N–H and O–H groups in total. The molecule has 1 aliphatic heterocycles. The molecule has 0 saturated carbocycles. The highest BCUT2D eigenvalue weighted by Gasteiger charge is 2.48. The van der Waals surface area contributed by atoms with Crippen LogP contribution in [0.15, 0.2) is 91.0 Å². The van der Waals surface area contributed by atoms with Crippen molar-refractivity contribution in [1.29, 1.82) is 0 Å². The molecule has 174 valence electrons. The first-order chi connectivity index (χ1) is 16.5. The zero-order valence-electron chi connectivity index (χ0n) is 18.5. The molecule has 0 amide bonds. The van der Waals surface area contributed by atoms with Gasteiger partial charge in [-0.05, 0) is 43.3 Å². The second kappa shape index (κ2) is 10.8. The molecule has 0 unspecified atom stereocenters. The fourth-order valence-corrected chi connectivity index (χ4v) is 3.70. The molecule has 0 spiro atoms. The van der Waals surface area contributed by atoms with Gasteiger partial charge in [0.25, 0.3) is 0 Å². The molecule has 4 rings (SSSR count). The molecule has 1 fully saturated rings. The molecule has 3 aromatic carbocycles. The Hall–Kier alpha value is -3.97. The smallest absolute Gasteiger partial charge is 0.338 e. The van der Waals surface area contributed by atoms with Gasteiger partial charge in [-0.2, -0.15) is 0 Å². The first-order valence-corrected chi connectivity index (χ1v) is 10.9. The number of ether oxygens (including phenoxy) is 4. The standard InChI is InChI=1S/C27H24O7/c1-18-23(33-26(29)20-13-7-3-8-14-20)24(34-27(30)21-15-9-4-10-16-21)22(32-18)17-31-25(28)19-11-5-2-6-12-19/h2-16,18,22-24H,17H2,1H3/t18-,22+,23-,24+/m0/s1. The van der Waals surface area contributed by atoms with Crippen LogP contribution in [0.3, 0.4) is 0 Å². The highest BCUT2D eigenvalue weighted by atomic mass is 16.6. The Morgan fingerprint density at radius 1 is 0.647 bits per heavy atom. The average molecular weight is 460 g/mol. The van der Waals surface area contributed by atoms with Gasteiger partial charge in [0.05, 0.1) is 22.8 Å². The summed E-state index contributed by atoms with van der Waals surface area (Å²) in [4.78, 5) is 37.9. The minimum atomic E-state index is -0.973. The number of rotatable bonds is 7. The molecule has 7 heteroatoms. The van der Waals surface area contributed by atoms with Gasteiger partial charge >= 0.3 is 17.9 Å². The van der Waals surface area contributed by atoms with Gasteiger partial charge in [0.2, 0.25) is 0 Å². The quantitative estimate of drug-likeness (QED) is 0.388. The molecule has 4 atom stereocenters. The van der Waals surface area contributed by atoms with E-state index in [9.17, 15) is 14.4 Å². The molecule has 0 radical (unpaired) electrons. The molecular weight excluding hydrogens is 436 g/mol. The highest BCUT2D eigenvalue weighted by molar-refractivity contribution is 5.91. The molecule has 0 aliphatic carbocycles. The van der Waals surface area contributed by atoms with Crippen molar-refractivity contribution in [3.63, 3.8) is 0 Å². The van der Waals surface area contributed by atoms with Gasteiger partial charge < -0.3 is 18.9 Å². The molecule has 1 saturated heterocycles. The largest absolute Gasteiger partial charge is 0.459 e. The fraction of sp³-hybridized carbons (Fsp3) is 0.222. The third-order valence-electron chi connectivity index (χ3n) is 5.44. The van der Waals surface area contributed by atoms with E-state index in [0.29, 0.717) is 16.7 Å². The topological polar surface area (TPSA) is 88.1 Å². The zero-order chi connectivity index (χ0) is 23.9. The van der Waals surface area contributed by atoms with Crippen LogP contribution in [-0.4, -0.2) is 48.9 Å². The number of hydrogen-bond donors (Lipinski definition) is 0. The molecule has 7 nitrogen and oxygen atoms in total. The molecule has 3 aromatic rings. The first-order valence-electron chi connectivity index (χ1n) is 10.9. The normalized spacial score (nSPS) is 21.4. The molecule has 1 heterocycles. The van der Waals surface area contributed by atoms with Crippen LogP contribution in [0.5, 0.6) is 0 Å². The molecule has 0 bridgehead atoms. The third-order valence-corrected chi connectivity index (χ3v) is 5.44. The van der Waals surface area contributed by atoms with Crippen molar-refractivity contribution >= 4 is 17.9 Å². The zero-order valence-corrected chi connectivity index (χ0v) is 18.5. The van der Waals surface area contributed by atoms with E-state index in [4.69, 9.17) is 18.9 Å². The summed E-state index contributed by atoms with van der Waals surface area (Å²) in [5.41, 5.74) is 1.09. The number of carbonyl (C=O) groups excluding carboxylic acids is 3. The summed E-state index contributed by atoms with van der Waals surface area (Å²) in [5.74, 6) is -1.69. The first kappa shape index (κ1) is 23.2. The second-order valence-electron chi connectivity index (χ2n) is 7.82. The Labute approximate surface area is 197 Å². The molecule has 1 aliphatic rings. The summed E-state index contributed by atoms with van der Waals surface area (Å²) in [6.45, 7) is 1.54. The summed E-state index contributed by atoms with van der Waals surface area (Å²) in [6.07, 6.45) is -3.27. The van der Waals surface area contributed by atoms with E-state index in [0.717, 1.165) is 0 Å². The lowest BCUT2D eigenvalue weighted by Gasteiger charge is -2.24. The lowest BCUT2D eigenvalue weighted by atomic mass is 10.1. The van der Waals surface area contributed by atoms with Gasteiger partial charge in [0.15, 0.2) is 12.2 Å². The van der Waals surface area contributed by atoms with Crippen LogP contribution < -0.4 is 0 Å². The van der Waals surface area contributed by atoms with Crippen molar-refractivity contribution in [3.05, 3.63) is 108 Å². The van der Waals surface area contributed by atoms with Gasteiger partial charge in [0.1, 0.15) is 12.7 Å². The second-order valence-corrected chi connectivity index (χ2v) is 7.82. The summed E-state index contributed by atoms with van der Waals surface area (Å²) in [7, 11) is 0. The fourth-order valence-electron chi connectivity index (χ4n) is 3.70. The maximum atomic E-state index is 12.8. The van der Waals surface area contributed by atoms with Crippen molar-refractivity contribution in [2.45, 2.75) is 31.3 Å². The number of esters is 3. The van der Waals surface area contributed by atoms with Gasteiger partial charge in [-0.1, -0.05) is 54.6 Å². The van der Waals surface area contributed by atoms with E-state index >= 15 is 0 Å². The lowest BCUT2D eigenvalue weighted by molar-refractivity contribution is -0.0442. The SMILES string of the molecule is C[C@@H]1O[C@H](COC(=O)c2ccccc2)[C@@H](OC(=O)c2ccccc2)[C@H]1OC(=O)c1ccccc1. The van der Waals surface area contributed by atoms with Gasteiger partial charge in [-0.25, -0.2) is 14.4 Å². The number of carbonyl (C=O) groups is 3. The van der Waals surface area contributed by atoms with Crippen LogP contribution in [0.25, 0.3) is 0 Å². The third kappa shape index (κ3) is 5.50. The number of hydrogen-bond acceptors (Lipinski definition) is 7. The predicted molar refractivity (Wildman–Crippen MR) is 122 cm³/mol. The molecular formula is C27H24O7. The highest BCUT2D eigenvalue weighted by Crippen LogP contribution is 2.29. The van der Waals surface area contributed by atoms with Crippen molar-refractivity contribution < 1.29 is 33.3 Å². The molecule has 0 aromatic heterocycles. The van der Waals surface area contributed by atoms with Crippen molar-refractivity contribution in [2.24, 2.45) is 0 Å². The van der Waals surface area contributed by atoms with E-state index in [2.05, 4.69) is 0 Å². The Morgan fingerprint density at radius 3 is 1.53 bits per heavy atom. The van der Waals surface area contributed by atoms with Gasteiger partial charge in [0, 0.05) is 0 Å². The van der Waals surface area contributed by atoms with Gasteiger partial charge in [-0.3, -0.25) is 0 Å². The molecule has 34 heavy (non-hydrogen) atoms. The van der Waals surface area contributed by atoms with Crippen molar-refractivity contribution in [2.75, 3.05) is 6.61 Å². The summed E-state index contributed by atoms with van der Waals surface area (Å²) in [6, 6.07) is 25.5. The van der Waals surface area contributed by atoms with Crippen LogP contribution in [0.1, 0.15) is 38.0 Å². The van der Waals surface area contributed by atoms with Crippen LogP contribution >= 0.6 is 0 Å². The van der Waals surface area contributed by atoms with Crippen molar-refractivity contribution in [1.82, 2.24) is 0 Å². The summed E-state index contributed by atoms with van der Waals surface area (Å²) in [5, 5.41) is 0. The summed E-state index contributed by atoms with van der Waals surface area (Å²) < 4.78 is 22.8. The minimum Gasteiger partial charge on any atom is -0.459 e. The maximum Gasteiger partial charge on any atom is 0.338 e. The van der Waals surface area contributed by atoms with Gasteiger partial charge in [-0.15, -0.1) is 0 Å². The summed E-state index contributed by atoms with van der Waals surface area (Å²) >= 11 is 0. The Morgan fingerprint density at radius 2 is 1.06 bits per heavy atom. The average Bonchev–Trinajstić information content (AvgIpc) is 3.17.